The van der Waals surface area contributed by atoms with Gasteiger partial charge in [-0.15, -0.1) is 11.3 Å². The molecule has 19 heavy (non-hydrogen) atoms. The van der Waals surface area contributed by atoms with Crippen LogP contribution in [0.1, 0.15) is 37.3 Å². The number of carbonyl (C=O) groups is 1. The number of hydrogen-bond donors (Lipinski definition) is 1. The van der Waals surface area contributed by atoms with Gasteiger partial charge in [0, 0.05) is 6.42 Å². The van der Waals surface area contributed by atoms with Gasteiger partial charge in [-0.1, -0.05) is 19.9 Å². The number of hydrogen-bond acceptors (Lipinski definition) is 3. The second kappa shape index (κ2) is 5.29. The van der Waals surface area contributed by atoms with Crippen LogP contribution in [-0.2, 0) is 11.2 Å². The molecule has 0 unspecified atom stereocenters. The Morgan fingerprint density at radius 3 is 2.63 bits per heavy atom. The van der Waals surface area contributed by atoms with E-state index >= 15 is 0 Å². The Bertz CT molecular complexity index is 599. The van der Waals surface area contributed by atoms with Crippen LogP contribution < -0.4 is 0 Å². The number of benzene rings is 1. The summed E-state index contributed by atoms with van der Waals surface area (Å²) in [4.78, 5) is 16.1. The number of nitrogens with zero attached hydrogens (tertiary/aromatic N) is 1. The predicted octanol–water partition coefficient (Wildman–Crippen LogP) is 4.04. The molecule has 0 aliphatic heterocycles. The normalized spacial score (nSPS) is 11.9. The van der Waals surface area contributed by atoms with Crippen LogP contribution in [0.4, 0.5) is 0 Å². The minimum Gasteiger partial charge on any atom is -0.481 e. The van der Waals surface area contributed by atoms with Gasteiger partial charge < -0.3 is 5.11 Å². The first-order chi connectivity index (χ1) is 9.00. The van der Waals surface area contributed by atoms with E-state index in [0.717, 1.165) is 15.2 Å². The molecule has 102 valence electrons. The molecule has 2 aromatic rings. The molecule has 1 aromatic carbocycles. The zero-order valence-electron chi connectivity index (χ0n) is 11.6. The number of thiazole rings is 1. The van der Waals surface area contributed by atoms with E-state index in [1.54, 1.807) is 11.3 Å². The van der Waals surface area contributed by atoms with Gasteiger partial charge in [0.2, 0.25) is 0 Å². The number of aromatic nitrogens is 1. The molecule has 0 spiro atoms. The molecule has 4 heteroatoms. The molecular formula is C15H19NO2S. The van der Waals surface area contributed by atoms with Gasteiger partial charge in [0.1, 0.15) is 0 Å². The number of carboxylic acids is 1. The van der Waals surface area contributed by atoms with E-state index in [1.165, 1.54) is 5.56 Å². The van der Waals surface area contributed by atoms with Gasteiger partial charge in [-0.25, -0.2) is 4.98 Å². The first-order valence-corrected chi connectivity index (χ1v) is 7.42. The lowest BCUT2D eigenvalue weighted by Crippen LogP contribution is -2.32. The number of rotatable bonds is 5. The molecule has 3 nitrogen and oxygen atoms in total. The van der Waals surface area contributed by atoms with Crippen molar-refractivity contribution in [3.05, 3.63) is 28.8 Å². The fourth-order valence-electron chi connectivity index (χ4n) is 2.32. The van der Waals surface area contributed by atoms with E-state index in [2.05, 4.69) is 18.0 Å². The minimum atomic E-state index is -0.715. The SMILES string of the molecule is CCC(CC)(Cc1nc2ccc(C)cc2s1)C(=O)O. The molecule has 0 fully saturated rings. The van der Waals surface area contributed by atoms with Crippen molar-refractivity contribution in [2.75, 3.05) is 0 Å². The summed E-state index contributed by atoms with van der Waals surface area (Å²) >= 11 is 1.61. The topological polar surface area (TPSA) is 50.2 Å². The maximum Gasteiger partial charge on any atom is 0.310 e. The van der Waals surface area contributed by atoms with Crippen LogP contribution in [0.25, 0.3) is 10.2 Å². The highest BCUT2D eigenvalue weighted by Crippen LogP contribution is 2.34. The Hall–Kier alpha value is -1.42. The third kappa shape index (κ3) is 2.63. The minimum absolute atomic E-state index is 0.522. The van der Waals surface area contributed by atoms with Crippen molar-refractivity contribution in [3.63, 3.8) is 0 Å². The fraction of sp³-hybridized carbons (Fsp3) is 0.467. The maximum absolute atomic E-state index is 11.5. The summed E-state index contributed by atoms with van der Waals surface area (Å²) in [5.41, 5.74) is 1.50. The summed E-state index contributed by atoms with van der Waals surface area (Å²) in [6, 6.07) is 6.15. The average molecular weight is 277 g/mol. The molecule has 0 bridgehead atoms. The van der Waals surface area contributed by atoms with Gasteiger partial charge in [0.05, 0.1) is 20.6 Å². The van der Waals surface area contributed by atoms with Crippen molar-refractivity contribution in [1.82, 2.24) is 4.98 Å². The summed E-state index contributed by atoms with van der Waals surface area (Å²) in [6.45, 7) is 5.93. The molecule has 0 saturated carbocycles. The van der Waals surface area contributed by atoms with Crippen molar-refractivity contribution in [3.8, 4) is 0 Å². The van der Waals surface area contributed by atoms with E-state index in [9.17, 15) is 9.90 Å². The van der Waals surface area contributed by atoms with E-state index in [-0.39, 0.29) is 0 Å². The lowest BCUT2D eigenvalue weighted by Gasteiger charge is -2.25. The molecule has 0 saturated heterocycles. The van der Waals surface area contributed by atoms with Gasteiger partial charge in [0.25, 0.3) is 0 Å². The molecule has 1 heterocycles. The summed E-state index contributed by atoms with van der Waals surface area (Å²) in [6.07, 6.45) is 1.79. The van der Waals surface area contributed by atoms with E-state index in [0.29, 0.717) is 19.3 Å². The molecule has 1 N–H and O–H groups in total. The molecule has 0 aliphatic rings. The Morgan fingerprint density at radius 2 is 2.05 bits per heavy atom. The highest BCUT2D eigenvalue weighted by Gasteiger charge is 2.35. The second-order valence-electron chi connectivity index (χ2n) is 5.05. The summed E-state index contributed by atoms with van der Waals surface area (Å²) in [5, 5.41) is 10.4. The predicted molar refractivity (Wildman–Crippen MR) is 78.7 cm³/mol. The van der Waals surface area contributed by atoms with Crippen LogP contribution >= 0.6 is 11.3 Å². The third-order valence-electron chi connectivity index (χ3n) is 3.89. The molecule has 1 aromatic heterocycles. The monoisotopic (exact) mass is 277 g/mol. The van der Waals surface area contributed by atoms with Gasteiger partial charge in [0.15, 0.2) is 0 Å². The fourth-order valence-corrected chi connectivity index (χ4v) is 3.53. The van der Waals surface area contributed by atoms with E-state index in [1.807, 2.05) is 26.0 Å². The summed E-state index contributed by atoms with van der Waals surface area (Å²) in [5.74, 6) is -0.715. The number of aryl methyl sites for hydroxylation is 1. The first kappa shape index (κ1) is 14.0. The number of carboxylic acid groups (broad SMARTS) is 1. The van der Waals surface area contributed by atoms with Gasteiger partial charge in [-0.3, -0.25) is 4.79 Å². The van der Waals surface area contributed by atoms with Gasteiger partial charge in [-0.05, 0) is 37.5 Å². The van der Waals surface area contributed by atoms with Crippen molar-refractivity contribution in [2.45, 2.75) is 40.0 Å². The van der Waals surface area contributed by atoms with Crippen LogP contribution in [-0.4, -0.2) is 16.1 Å². The standard InChI is InChI=1S/C15H19NO2S/c1-4-15(5-2,14(17)18)9-13-16-11-7-6-10(3)8-12(11)19-13/h6-8H,4-5,9H2,1-3H3,(H,17,18). The van der Waals surface area contributed by atoms with Gasteiger partial charge >= 0.3 is 5.97 Å². The third-order valence-corrected chi connectivity index (χ3v) is 4.90. The molecule has 0 aliphatic carbocycles. The maximum atomic E-state index is 11.5. The zero-order valence-corrected chi connectivity index (χ0v) is 12.4. The summed E-state index contributed by atoms with van der Waals surface area (Å²) in [7, 11) is 0. The van der Waals surface area contributed by atoms with Crippen LogP contribution in [0.15, 0.2) is 18.2 Å². The summed E-state index contributed by atoms with van der Waals surface area (Å²) < 4.78 is 1.14. The van der Waals surface area contributed by atoms with Crippen LogP contribution in [0.2, 0.25) is 0 Å². The molecule has 0 atom stereocenters. The number of fused-ring (bicyclic) bond motifs is 1. The lowest BCUT2D eigenvalue weighted by molar-refractivity contribution is -0.149. The first-order valence-electron chi connectivity index (χ1n) is 6.60. The van der Waals surface area contributed by atoms with Crippen LogP contribution in [0, 0.1) is 12.3 Å². The Balaban J connectivity index is 2.36. The van der Waals surface area contributed by atoms with E-state index in [4.69, 9.17) is 0 Å². The highest BCUT2D eigenvalue weighted by molar-refractivity contribution is 7.18. The van der Waals surface area contributed by atoms with Crippen molar-refractivity contribution >= 4 is 27.5 Å². The Labute approximate surface area is 117 Å². The highest BCUT2D eigenvalue weighted by atomic mass is 32.1. The van der Waals surface area contributed by atoms with Crippen molar-refractivity contribution < 1.29 is 9.90 Å². The Morgan fingerprint density at radius 1 is 1.37 bits per heavy atom. The second-order valence-corrected chi connectivity index (χ2v) is 6.16. The molecule has 2 rings (SSSR count). The van der Waals surface area contributed by atoms with Crippen LogP contribution in [0.3, 0.4) is 0 Å². The Kier molecular flexibility index (Phi) is 3.90. The average Bonchev–Trinajstić information content (AvgIpc) is 2.77. The zero-order chi connectivity index (χ0) is 14.0. The molecule has 0 amide bonds. The smallest absolute Gasteiger partial charge is 0.310 e. The van der Waals surface area contributed by atoms with Crippen molar-refractivity contribution in [1.29, 1.82) is 0 Å². The van der Waals surface area contributed by atoms with Crippen molar-refractivity contribution in [2.24, 2.45) is 5.41 Å². The molecule has 0 radical (unpaired) electrons. The lowest BCUT2D eigenvalue weighted by atomic mass is 9.79. The quantitative estimate of drug-likeness (QED) is 0.897. The molecular weight excluding hydrogens is 258 g/mol. The van der Waals surface area contributed by atoms with E-state index < -0.39 is 11.4 Å². The largest absolute Gasteiger partial charge is 0.481 e. The number of aliphatic carboxylic acids is 1. The van der Waals surface area contributed by atoms with Gasteiger partial charge in [-0.2, -0.15) is 0 Å². The van der Waals surface area contributed by atoms with Crippen LogP contribution in [0.5, 0.6) is 0 Å².